The molecule has 5 nitrogen and oxygen atoms in total. The van der Waals surface area contributed by atoms with Gasteiger partial charge in [0.25, 0.3) is 5.91 Å². The minimum atomic E-state index is -1.20. The predicted octanol–water partition coefficient (Wildman–Crippen LogP) is 7.63. The number of rotatable bonds is 5. The molecule has 5 rings (SSSR count). The summed E-state index contributed by atoms with van der Waals surface area (Å²) in [6.07, 6.45) is 0. The molecule has 5 aromatic rings. The van der Waals surface area contributed by atoms with Crippen LogP contribution in [-0.2, 0) is 11.9 Å². The lowest BCUT2D eigenvalue weighted by molar-refractivity contribution is 0.0991. The molecule has 2 aromatic heterocycles. The lowest BCUT2D eigenvalue weighted by Gasteiger charge is -2.10. The highest BCUT2D eigenvalue weighted by Crippen LogP contribution is 2.25. The number of amides is 1. The topological polar surface area (TPSA) is 78.1 Å². The summed E-state index contributed by atoms with van der Waals surface area (Å²) < 4.78 is 32.8. The molecule has 3 aromatic carbocycles. The van der Waals surface area contributed by atoms with Crippen LogP contribution in [0.4, 0.5) is 8.78 Å². The van der Waals surface area contributed by atoms with Crippen molar-refractivity contribution in [3.63, 3.8) is 0 Å². The molecule has 0 spiro atoms. The molecule has 0 fully saturated rings. The lowest BCUT2D eigenvalue weighted by atomic mass is 10.1. The number of pyridine rings is 2. The number of hydrogen-bond acceptors (Lipinski definition) is 4. The molecule has 1 amide bonds. The summed E-state index contributed by atoms with van der Waals surface area (Å²) in [4.78, 5) is 19.9. The quantitative estimate of drug-likeness (QED) is 0.209. The van der Waals surface area contributed by atoms with Gasteiger partial charge in [-0.1, -0.05) is 75.5 Å². The minimum absolute atomic E-state index is 0.0814. The van der Waals surface area contributed by atoms with Gasteiger partial charge >= 0.3 is 0 Å². The molecule has 188 valence electrons. The van der Waals surface area contributed by atoms with Gasteiger partial charge in [0.15, 0.2) is 11.6 Å². The summed E-state index contributed by atoms with van der Waals surface area (Å²) in [7, 11) is 0. The van der Waals surface area contributed by atoms with Crippen LogP contribution in [0.3, 0.4) is 0 Å². The van der Waals surface area contributed by atoms with Gasteiger partial charge in [-0.05, 0) is 36.4 Å². The van der Waals surface area contributed by atoms with Crippen LogP contribution in [0.5, 0.6) is 5.75 Å². The molecule has 10 heteroatoms. The molecule has 0 aliphatic heterocycles. The minimum Gasteiger partial charge on any atom is -0.484 e. The van der Waals surface area contributed by atoms with E-state index in [1.807, 2.05) is 48.5 Å². The van der Waals surface area contributed by atoms with Crippen LogP contribution < -0.4 is 10.5 Å². The van der Waals surface area contributed by atoms with Crippen molar-refractivity contribution in [2.24, 2.45) is 5.73 Å². The lowest BCUT2D eigenvalue weighted by Crippen LogP contribution is -2.16. The van der Waals surface area contributed by atoms with E-state index >= 15 is 0 Å². The zero-order valence-corrected chi connectivity index (χ0v) is 22.1. The Morgan fingerprint density at radius 3 is 1.97 bits per heavy atom. The Kier molecular flexibility index (Phi) is 8.53. The van der Waals surface area contributed by atoms with Crippen molar-refractivity contribution in [2.75, 3.05) is 0 Å². The summed E-state index contributed by atoms with van der Waals surface area (Å²) in [6, 6.07) is 20.7. The molecule has 0 saturated carbocycles. The van der Waals surface area contributed by atoms with E-state index in [0.29, 0.717) is 21.3 Å². The fraction of sp³-hybridized carbons (Fsp3) is 0.0741. The summed E-state index contributed by atoms with van der Waals surface area (Å²) in [5, 5.41) is 3.89. The van der Waals surface area contributed by atoms with E-state index < -0.39 is 23.1 Å². The first kappa shape index (κ1) is 26.7. The summed E-state index contributed by atoms with van der Waals surface area (Å²) >= 11 is 15.5. The molecule has 37 heavy (non-hydrogen) atoms. The second kappa shape index (κ2) is 11.8. The van der Waals surface area contributed by atoms with Crippen LogP contribution >= 0.6 is 39.1 Å². The summed E-state index contributed by atoms with van der Waals surface area (Å²) in [5.41, 5.74) is 7.11. The molecule has 0 atom stereocenters. The van der Waals surface area contributed by atoms with Crippen LogP contribution in [0.25, 0.3) is 21.8 Å². The van der Waals surface area contributed by atoms with Gasteiger partial charge in [0.2, 0.25) is 0 Å². The van der Waals surface area contributed by atoms with Gasteiger partial charge in [-0.15, -0.1) is 0 Å². The Labute approximate surface area is 229 Å². The number of alkyl halides is 1. The summed E-state index contributed by atoms with van der Waals surface area (Å²) in [6.45, 7) is -0.0814. The second-order valence-corrected chi connectivity index (χ2v) is 9.12. The second-order valence-electron chi connectivity index (χ2n) is 7.75. The van der Waals surface area contributed by atoms with E-state index in [4.69, 9.17) is 33.7 Å². The molecular weight excluding hydrogens is 587 g/mol. The summed E-state index contributed by atoms with van der Waals surface area (Å²) in [5.74, 6) is -3.67. The molecule has 0 aliphatic rings. The molecular formula is C27H18BrCl2F2N3O2. The third-order valence-corrected chi connectivity index (χ3v) is 6.46. The molecule has 0 saturated heterocycles. The molecule has 0 bridgehead atoms. The number of primary amides is 1. The average Bonchev–Trinajstić information content (AvgIpc) is 2.89. The number of aromatic nitrogens is 2. The van der Waals surface area contributed by atoms with Gasteiger partial charge in [-0.3, -0.25) is 9.78 Å². The largest absolute Gasteiger partial charge is 0.484 e. The van der Waals surface area contributed by atoms with E-state index in [1.54, 1.807) is 12.1 Å². The van der Waals surface area contributed by atoms with Gasteiger partial charge in [-0.25, -0.2) is 13.8 Å². The highest BCUT2D eigenvalue weighted by atomic mass is 79.9. The fourth-order valence-corrected chi connectivity index (χ4v) is 4.24. The van der Waals surface area contributed by atoms with Crippen molar-refractivity contribution >= 4 is 66.8 Å². The number of benzene rings is 3. The van der Waals surface area contributed by atoms with E-state index in [1.165, 1.54) is 0 Å². The predicted molar refractivity (Wildman–Crippen MR) is 145 cm³/mol. The average molecular weight is 605 g/mol. The normalized spacial score (nSPS) is 10.7. The van der Waals surface area contributed by atoms with Crippen molar-refractivity contribution in [1.82, 2.24) is 9.97 Å². The van der Waals surface area contributed by atoms with Crippen molar-refractivity contribution < 1.29 is 18.3 Å². The van der Waals surface area contributed by atoms with Crippen LogP contribution in [0.2, 0.25) is 10.0 Å². The van der Waals surface area contributed by atoms with Gasteiger partial charge < -0.3 is 10.5 Å². The smallest absolute Gasteiger partial charge is 0.254 e. The number of carbonyl (C=O) groups excluding carboxylic acids is 1. The van der Waals surface area contributed by atoms with E-state index in [9.17, 15) is 13.6 Å². The van der Waals surface area contributed by atoms with Crippen LogP contribution in [0.15, 0.2) is 72.8 Å². The van der Waals surface area contributed by atoms with Crippen molar-refractivity contribution in [3.05, 3.63) is 111 Å². The van der Waals surface area contributed by atoms with Crippen LogP contribution in [0, 0.1) is 11.6 Å². The monoisotopic (exact) mass is 603 g/mol. The molecule has 2 heterocycles. The number of halogens is 5. The number of hydrogen-bond donors (Lipinski definition) is 1. The number of fused-ring (bicyclic) bond motifs is 2. The van der Waals surface area contributed by atoms with E-state index in [-0.39, 0.29) is 12.4 Å². The first-order chi connectivity index (χ1) is 17.8. The Hall–Kier alpha value is -3.33. The standard InChI is InChI=1S/C17H11ClF2N2O2.C10H7BrClN/c18-11-3-1-2-9-4-5-10(22-16(9)11)8-24-13-7-6-12(19)14(15(13)20)17(21)23;11-6-8-5-4-7-2-1-3-9(12)10(7)13-8/h1-7H,8H2,(H2,21,23);1-5H,6H2. The van der Waals surface area contributed by atoms with Crippen molar-refractivity contribution in [2.45, 2.75) is 11.9 Å². The molecule has 2 N–H and O–H groups in total. The highest BCUT2D eigenvalue weighted by molar-refractivity contribution is 9.08. The Balaban J connectivity index is 0.000000207. The van der Waals surface area contributed by atoms with Gasteiger partial charge in [0.1, 0.15) is 18.0 Å². The fourth-order valence-electron chi connectivity index (χ4n) is 3.48. The molecule has 0 unspecified atom stereocenters. The Morgan fingerprint density at radius 1 is 0.838 bits per heavy atom. The maximum atomic E-state index is 14.1. The van der Waals surface area contributed by atoms with Crippen LogP contribution in [0.1, 0.15) is 21.7 Å². The van der Waals surface area contributed by atoms with Crippen molar-refractivity contribution in [3.8, 4) is 5.75 Å². The van der Waals surface area contributed by atoms with Gasteiger partial charge in [0.05, 0.1) is 32.5 Å². The maximum Gasteiger partial charge on any atom is 0.254 e. The molecule has 0 aliphatic carbocycles. The van der Waals surface area contributed by atoms with E-state index in [2.05, 4.69) is 25.9 Å². The zero-order chi connectivity index (χ0) is 26.5. The maximum absolute atomic E-state index is 14.1. The number of nitrogens with two attached hydrogens (primary N) is 1. The van der Waals surface area contributed by atoms with Gasteiger partial charge in [0, 0.05) is 16.1 Å². The highest BCUT2D eigenvalue weighted by Gasteiger charge is 2.19. The first-order valence-electron chi connectivity index (χ1n) is 10.8. The van der Waals surface area contributed by atoms with Crippen molar-refractivity contribution in [1.29, 1.82) is 0 Å². The Bertz CT molecular complexity index is 1620. The number of para-hydroxylation sites is 2. The Morgan fingerprint density at radius 2 is 1.41 bits per heavy atom. The number of nitrogens with zero attached hydrogens (tertiary/aromatic N) is 2. The number of carbonyl (C=O) groups is 1. The van der Waals surface area contributed by atoms with E-state index in [0.717, 1.165) is 39.4 Å². The third kappa shape index (κ3) is 6.15. The first-order valence-corrected chi connectivity index (χ1v) is 12.7. The van der Waals surface area contributed by atoms with Crippen LogP contribution in [-0.4, -0.2) is 15.9 Å². The van der Waals surface area contributed by atoms with Gasteiger partial charge in [-0.2, -0.15) is 0 Å². The molecule has 0 radical (unpaired) electrons. The SMILES string of the molecule is Clc1cccc2ccc(CBr)nc12.NC(=O)c1c(F)ccc(OCc2ccc3cccc(Cl)c3n2)c1F. The number of ether oxygens (including phenoxy) is 1. The zero-order valence-electron chi connectivity index (χ0n) is 19.0. The third-order valence-electron chi connectivity index (χ3n) is 5.27.